The number of thiocarbonyl (C=S) groups is 1. The molecule has 194 valence electrons. The largest absolute Gasteiger partial charge is 0.457 e. The molecule has 1 saturated heterocycles. The molecule has 1 aliphatic heterocycles. The number of pyridine rings is 1. The number of hydrogen-bond donors (Lipinski definition) is 1. The average molecular weight is 531 g/mol. The first-order valence-electron chi connectivity index (χ1n) is 13.1. The van der Waals surface area contributed by atoms with Gasteiger partial charge in [-0.2, -0.15) is 0 Å². The van der Waals surface area contributed by atoms with Gasteiger partial charge in [-0.05, 0) is 99.2 Å². The lowest BCUT2D eigenvalue weighted by Crippen LogP contribution is -2.29. The summed E-state index contributed by atoms with van der Waals surface area (Å²) in [6.07, 6.45) is 1.84. The maximum atomic E-state index is 6.05. The Balaban J connectivity index is 1.45. The highest BCUT2D eigenvalue weighted by atomic mass is 32.1. The Labute approximate surface area is 234 Å². The van der Waals surface area contributed by atoms with Crippen LogP contribution in [0.2, 0.25) is 0 Å². The van der Waals surface area contributed by atoms with Crippen molar-refractivity contribution in [2.24, 2.45) is 0 Å². The van der Waals surface area contributed by atoms with Crippen molar-refractivity contribution in [3.8, 4) is 17.2 Å². The molecule has 5 aromatic rings. The van der Waals surface area contributed by atoms with Crippen molar-refractivity contribution in [1.29, 1.82) is 0 Å². The van der Waals surface area contributed by atoms with Gasteiger partial charge in [-0.15, -0.1) is 0 Å². The first-order chi connectivity index (χ1) is 19.0. The summed E-state index contributed by atoms with van der Waals surface area (Å²) in [4.78, 5) is 6.96. The van der Waals surface area contributed by atoms with Crippen LogP contribution < -0.4 is 15.0 Å². The molecule has 0 unspecified atom stereocenters. The highest BCUT2D eigenvalue weighted by Gasteiger charge is 2.43. The highest BCUT2D eigenvalue weighted by Crippen LogP contribution is 2.45. The third-order valence-electron chi connectivity index (χ3n) is 7.51. The molecule has 0 bridgehead atoms. The van der Waals surface area contributed by atoms with Gasteiger partial charge in [0.2, 0.25) is 0 Å². The molecular formula is C33H30N4OS. The molecule has 2 atom stereocenters. The zero-order valence-corrected chi connectivity index (χ0v) is 23.0. The second kappa shape index (κ2) is 10.4. The Kier molecular flexibility index (Phi) is 6.63. The van der Waals surface area contributed by atoms with E-state index >= 15 is 0 Å². The zero-order chi connectivity index (χ0) is 26.9. The lowest BCUT2D eigenvalue weighted by atomic mass is 9.93. The summed E-state index contributed by atoms with van der Waals surface area (Å²) in [6, 6.07) is 34.3. The van der Waals surface area contributed by atoms with Crippen molar-refractivity contribution in [3.05, 3.63) is 138 Å². The smallest absolute Gasteiger partial charge is 0.174 e. The standard InChI is InChI=1S/C33H30N4OS/c1-22-23(2)36(25-12-6-4-7-13-25)24(3)30(22)32-31(29-16-10-11-21-34-29)35-33(39)37(32)26-17-19-28(20-18-26)38-27-14-8-5-9-15-27/h4-21,31-32H,1-3H3,(H,35,39)/t31-,32-/m0/s1. The fourth-order valence-corrected chi connectivity index (χ4v) is 5.98. The van der Waals surface area contributed by atoms with Gasteiger partial charge >= 0.3 is 0 Å². The molecule has 6 heteroatoms. The Morgan fingerprint density at radius 2 is 1.36 bits per heavy atom. The molecule has 1 fully saturated rings. The van der Waals surface area contributed by atoms with E-state index in [0.717, 1.165) is 28.6 Å². The number of ether oxygens (including phenoxy) is 1. The van der Waals surface area contributed by atoms with Gasteiger partial charge in [0.1, 0.15) is 11.5 Å². The maximum absolute atomic E-state index is 6.05. The molecule has 0 amide bonds. The van der Waals surface area contributed by atoms with E-state index in [-0.39, 0.29) is 12.1 Å². The van der Waals surface area contributed by atoms with E-state index in [2.05, 4.69) is 84.1 Å². The lowest BCUT2D eigenvalue weighted by Gasteiger charge is -2.29. The van der Waals surface area contributed by atoms with Crippen molar-refractivity contribution in [2.45, 2.75) is 32.9 Å². The van der Waals surface area contributed by atoms with Gasteiger partial charge in [0.25, 0.3) is 0 Å². The van der Waals surface area contributed by atoms with Gasteiger partial charge in [0, 0.05) is 34.5 Å². The predicted molar refractivity (Wildman–Crippen MR) is 161 cm³/mol. The van der Waals surface area contributed by atoms with Crippen LogP contribution in [-0.4, -0.2) is 14.7 Å². The van der Waals surface area contributed by atoms with Crippen LogP contribution in [-0.2, 0) is 0 Å². The van der Waals surface area contributed by atoms with Gasteiger partial charge in [0.15, 0.2) is 5.11 Å². The first kappa shape index (κ1) is 24.9. The van der Waals surface area contributed by atoms with E-state index in [1.807, 2.05) is 60.8 Å². The van der Waals surface area contributed by atoms with Crippen molar-refractivity contribution in [1.82, 2.24) is 14.9 Å². The molecule has 3 heterocycles. The minimum Gasteiger partial charge on any atom is -0.457 e. The Hall–Kier alpha value is -4.42. The number of para-hydroxylation sites is 2. The van der Waals surface area contributed by atoms with Crippen LogP contribution in [0.1, 0.15) is 40.3 Å². The molecular weight excluding hydrogens is 500 g/mol. The van der Waals surface area contributed by atoms with Gasteiger partial charge in [-0.25, -0.2) is 0 Å². The number of nitrogens with one attached hydrogen (secondary N) is 1. The molecule has 5 nitrogen and oxygen atoms in total. The summed E-state index contributed by atoms with van der Waals surface area (Å²) in [7, 11) is 0. The number of rotatable bonds is 6. The summed E-state index contributed by atoms with van der Waals surface area (Å²) < 4.78 is 8.39. The summed E-state index contributed by atoms with van der Waals surface area (Å²) in [5, 5.41) is 4.28. The molecule has 3 aromatic carbocycles. The van der Waals surface area contributed by atoms with E-state index < -0.39 is 0 Å². The van der Waals surface area contributed by atoms with Gasteiger partial charge in [-0.1, -0.05) is 42.5 Å². The fraction of sp³-hybridized carbons (Fsp3) is 0.152. The predicted octanol–water partition coefficient (Wildman–Crippen LogP) is 7.77. The molecule has 6 rings (SSSR count). The van der Waals surface area contributed by atoms with E-state index in [1.54, 1.807) is 0 Å². The fourth-order valence-electron chi connectivity index (χ4n) is 5.63. The molecule has 39 heavy (non-hydrogen) atoms. The summed E-state index contributed by atoms with van der Waals surface area (Å²) >= 11 is 5.98. The van der Waals surface area contributed by atoms with Crippen molar-refractivity contribution >= 4 is 23.0 Å². The average Bonchev–Trinajstić information content (AvgIpc) is 3.42. The van der Waals surface area contributed by atoms with Crippen LogP contribution in [0.3, 0.4) is 0 Å². The van der Waals surface area contributed by atoms with Crippen molar-refractivity contribution < 1.29 is 4.74 Å². The zero-order valence-electron chi connectivity index (χ0n) is 22.2. The van der Waals surface area contributed by atoms with Crippen molar-refractivity contribution in [2.75, 3.05) is 4.90 Å². The topological polar surface area (TPSA) is 42.3 Å². The molecule has 2 aromatic heterocycles. The monoisotopic (exact) mass is 530 g/mol. The number of nitrogens with zero attached hydrogens (tertiary/aromatic N) is 3. The van der Waals surface area contributed by atoms with E-state index in [0.29, 0.717) is 5.11 Å². The van der Waals surface area contributed by atoms with Gasteiger partial charge in [0.05, 0.1) is 17.8 Å². The van der Waals surface area contributed by atoms with Crippen LogP contribution in [0.4, 0.5) is 5.69 Å². The van der Waals surface area contributed by atoms with Crippen LogP contribution in [0.5, 0.6) is 11.5 Å². The molecule has 0 spiro atoms. The van der Waals surface area contributed by atoms with Crippen LogP contribution >= 0.6 is 12.2 Å². The SMILES string of the molecule is Cc1c([C@H]2[C@H](c3ccccn3)NC(=S)N2c2ccc(Oc3ccccc3)cc2)c(C)n(-c2ccccc2)c1C. The summed E-state index contributed by atoms with van der Waals surface area (Å²) in [5.74, 6) is 1.58. The van der Waals surface area contributed by atoms with Crippen LogP contribution in [0.15, 0.2) is 109 Å². The molecule has 0 radical (unpaired) electrons. The second-order valence-corrected chi connectivity index (χ2v) is 10.2. The minimum absolute atomic E-state index is 0.0862. The summed E-state index contributed by atoms with van der Waals surface area (Å²) in [6.45, 7) is 6.60. The number of anilines is 1. The normalized spacial score (nSPS) is 16.8. The molecule has 0 saturated carbocycles. The molecule has 0 aliphatic carbocycles. The Bertz CT molecular complexity index is 1600. The first-order valence-corrected chi connectivity index (χ1v) is 13.5. The van der Waals surface area contributed by atoms with E-state index in [4.69, 9.17) is 21.9 Å². The quantitative estimate of drug-likeness (QED) is 0.227. The maximum Gasteiger partial charge on any atom is 0.174 e. The van der Waals surface area contributed by atoms with Crippen LogP contribution in [0, 0.1) is 20.8 Å². The number of aromatic nitrogens is 2. The molecule has 1 N–H and O–H groups in total. The third kappa shape index (κ3) is 4.57. The Morgan fingerprint density at radius 1 is 0.718 bits per heavy atom. The summed E-state index contributed by atoms with van der Waals surface area (Å²) in [5.41, 5.74) is 8.03. The number of hydrogen-bond acceptors (Lipinski definition) is 3. The van der Waals surface area contributed by atoms with Crippen molar-refractivity contribution in [3.63, 3.8) is 0 Å². The Morgan fingerprint density at radius 3 is 2.03 bits per heavy atom. The van der Waals surface area contributed by atoms with E-state index in [9.17, 15) is 0 Å². The minimum atomic E-state index is -0.109. The molecule has 1 aliphatic rings. The van der Waals surface area contributed by atoms with Gasteiger partial charge in [-0.3, -0.25) is 4.98 Å². The second-order valence-electron chi connectivity index (χ2n) is 9.79. The van der Waals surface area contributed by atoms with Crippen LogP contribution in [0.25, 0.3) is 5.69 Å². The third-order valence-corrected chi connectivity index (χ3v) is 7.82. The lowest BCUT2D eigenvalue weighted by molar-refractivity contribution is 0.482. The number of benzene rings is 3. The highest BCUT2D eigenvalue weighted by molar-refractivity contribution is 7.80. The van der Waals surface area contributed by atoms with E-state index in [1.165, 1.54) is 22.5 Å². The van der Waals surface area contributed by atoms with Gasteiger partial charge < -0.3 is 19.5 Å².